The van der Waals surface area contributed by atoms with Crippen LogP contribution in [0.15, 0.2) is 28.0 Å². The molecule has 1 aromatic carbocycles. The number of rotatable bonds is 3. The van der Waals surface area contributed by atoms with Crippen LogP contribution in [0, 0.1) is 0 Å². The summed E-state index contributed by atoms with van der Waals surface area (Å²) in [4.78, 5) is 26.1. The second kappa shape index (κ2) is 7.45. The minimum atomic E-state index is -3.69. The molecule has 0 radical (unpaired) electrons. The van der Waals surface area contributed by atoms with Gasteiger partial charge in [-0.2, -0.15) is 4.31 Å². The van der Waals surface area contributed by atoms with Gasteiger partial charge >= 0.3 is 6.09 Å². The Balaban J connectivity index is 1.74. The number of anilines is 1. The monoisotopic (exact) mass is 399 g/mol. The summed E-state index contributed by atoms with van der Waals surface area (Å²) >= 11 is 1.40. The van der Waals surface area contributed by atoms with Crippen molar-refractivity contribution in [1.82, 2.24) is 9.21 Å². The molecular weight excluding hydrogens is 378 g/mol. The van der Waals surface area contributed by atoms with Crippen LogP contribution in [0.5, 0.6) is 0 Å². The van der Waals surface area contributed by atoms with Gasteiger partial charge in [0.15, 0.2) is 0 Å². The summed E-state index contributed by atoms with van der Waals surface area (Å²) in [5, 5.41) is 2.54. The fourth-order valence-electron chi connectivity index (χ4n) is 2.82. The molecule has 1 saturated heterocycles. The lowest BCUT2D eigenvalue weighted by Gasteiger charge is -2.33. The van der Waals surface area contributed by atoms with Crippen molar-refractivity contribution in [2.24, 2.45) is 0 Å². The Morgan fingerprint density at radius 1 is 1.31 bits per heavy atom. The fourth-order valence-corrected chi connectivity index (χ4v) is 5.20. The van der Waals surface area contributed by atoms with Crippen LogP contribution in [0.2, 0.25) is 0 Å². The van der Waals surface area contributed by atoms with Crippen molar-refractivity contribution < 1.29 is 22.7 Å². The molecule has 142 valence electrons. The lowest BCUT2D eigenvalue weighted by molar-refractivity contribution is -0.115. The first-order valence-corrected chi connectivity index (χ1v) is 10.7. The molecule has 2 aliphatic rings. The van der Waals surface area contributed by atoms with Crippen molar-refractivity contribution in [3.63, 3.8) is 0 Å². The van der Waals surface area contributed by atoms with Gasteiger partial charge in [-0.1, -0.05) is 0 Å². The average Bonchev–Trinajstić information content (AvgIpc) is 2.62. The highest BCUT2D eigenvalue weighted by atomic mass is 32.2. The first-order chi connectivity index (χ1) is 12.3. The van der Waals surface area contributed by atoms with E-state index in [-0.39, 0.29) is 48.8 Å². The molecule has 2 heterocycles. The molecule has 1 atom stereocenters. The van der Waals surface area contributed by atoms with E-state index >= 15 is 0 Å². The molecule has 3 rings (SSSR count). The van der Waals surface area contributed by atoms with Gasteiger partial charge in [-0.25, -0.2) is 13.2 Å². The normalized spacial score (nSPS) is 21.1. The highest BCUT2D eigenvalue weighted by Crippen LogP contribution is 2.37. The molecule has 2 aliphatic heterocycles. The number of hydrogen-bond acceptors (Lipinski definition) is 6. The van der Waals surface area contributed by atoms with Crippen LogP contribution in [0.3, 0.4) is 0 Å². The highest BCUT2D eigenvalue weighted by molar-refractivity contribution is 8.01. The number of nitrogens with zero attached hydrogens (tertiary/aromatic N) is 2. The van der Waals surface area contributed by atoms with E-state index in [4.69, 9.17) is 4.74 Å². The van der Waals surface area contributed by atoms with Gasteiger partial charge in [0.2, 0.25) is 15.9 Å². The van der Waals surface area contributed by atoms with E-state index < -0.39 is 16.1 Å². The van der Waals surface area contributed by atoms with Crippen LogP contribution in [-0.2, 0) is 19.6 Å². The standard InChI is InChI=1S/C16H21N3O5S2/c1-3-24-16(21)18-6-8-19(9-7-18)26(22,23)12-4-5-14-13(10-12)17-15(20)11(2)25-14/h4-5,10-11H,3,6-9H2,1-2H3,(H,17,20). The Kier molecular flexibility index (Phi) is 5.44. The number of piperazine rings is 1. The third kappa shape index (κ3) is 3.67. The van der Waals surface area contributed by atoms with Gasteiger partial charge in [0.25, 0.3) is 0 Å². The number of ether oxygens (including phenoxy) is 1. The third-order valence-electron chi connectivity index (χ3n) is 4.28. The smallest absolute Gasteiger partial charge is 0.409 e. The van der Waals surface area contributed by atoms with Gasteiger partial charge in [0, 0.05) is 31.1 Å². The van der Waals surface area contributed by atoms with E-state index in [1.54, 1.807) is 26.0 Å². The van der Waals surface area contributed by atoms with Crippen molar-refractivity contribution in [3.8, 4) is 0 Å². The number of hydrogen-bond donors (Lipinski definition) is 1. The lowest BCUT2D eigenvalue weighted by Crippen LogP contribution is -2.50. The Morgan fingerprint density at radius 2 is 2.00 bits per heavy atom. The number of nitrogens with one attached hydrogen (secondary N) is 1. The van der Waals surface area contributed by atoms with E-state index in [9.17, 15) is 18.0 Å². The van der Waals surface area contributed by atoms with E-state index in [0.717, 1.165) is 4.90 Å². The molecule has 26 heavy (non-hydrogen) atoms. The van der Waals surface area contributed by atoms with Crippen LogP contribution in [0.1, 0.15) is 13.8 Å². The summed E-state index contributed by atoms with van der Waals surface area (Å²) in [5.41, 5.74) is 0.518. The zero-order chi connectivity index (χ0) is 18.9. The Hall–Kier alpha value is -1.78. The zero-order valence-corrected chi connectivity index (χ0v) is 16.2. The van der Waals surface area contributed by atoms with Crippen molar-refractivity contribution in [2.75, 3.05) is 38.1 Å². The molecule has 0 aliphatic carbocycles. The van der Waals surface area contributed by atoms with Crippen molar-refractivity contribution in [1.29, 1.82) is 0 Å². The molecule has 1 unspecified atom stereocenters. The molecular formula is C16H21N3O5S2. The van der Waals surface area contributed by atoms with E-state index in [0.29, 0.717) is 5.69 Å². The van der Waals surface area contributed by atoms with Gasteiger partial charge in [-0.15, -0.1) is 11.8 Å². The van der Waals surface area contributed by atoms with Gasteiger partial charge < -0.3 is 15.0 Å². The summed E-state index contributed by atoms with van der Waals surface area (Å²) in [7, 11) is -3.69. The molecule has 2 amide bonds. The van der Waals surface area contributed by atoms with E-state index in [1.807, 2.05) is 0 Å². The number of sulfonamides is 1. The second-order valence-electron chi connectivity index (χ2n) is 6.00. The Labute approximate surface area is 156 Å². The average molecular weight is 399 g/mol. The van der Waals surface area contributed by atoms with Crippen LogP contribution in [-0.4, -0.2) is 67.7 Å². The highest BCUT2D eigenvalue weighted by Gasteiger charge is 2.32. The molecule has 0 spiro atoms. The maximum Gasteiger partial charge on any atom is 0.409 e. The van der Waals surface area contributed by atoms with Gasteiger partial charge in [-0.05, 0) is 32.0 Å². The van der Waals surface area contributed by atoms with Crippen molar-refractivity contribution >= 4 is 39.5 Å². The number of amides is 2. The maximum absolute atomic E-state index is 12.9. The summed E-state index contributed by atoms with van der Waals surface area (Å²) in [6, 6.07) is 4.78. The summed E-state index contributed by atoms with van der Waals surface area (Å²) in [5.74, 6) is -0.139. The number of carbonyl (C=O) groups excluding carboxylic acids is 2. The second-order valence-corrected chi connectivity index (χ2v) is 9.32. The fraction of sp³-hybridized carbons (Fsp3) is 0.500. The van der Waals surface area contributed by atoms with E-state index in [1.165, 1.54) is 27.0 Å². The Bertz CT molecular complexity index is 819. The van der Waals surface area contributed by atoms with Crippen molar-refractivity contribution in [2.45, 2.75) is 28.9 Å². The van der Waals surface area contributed by atoms with Crippen molar-refractivity contribution in [3.05, 3.63) is 18.2 Å². The minimum Gasteiger partial charge on any atom is -0.450 e. The largest absolute Gasteiger partial charge is 0.450 e. The first kappa shape index (κ1) is 19.0. The summed E-state index contributed by atoms with van der Waals surface area (Å²) in [6.07, 6.45) is -0.424. The number of fused-ring (bicyclic) bond motifs is 1. The number of carbonyl (C=O) groups is 2. The molecule has 0 saturated carbocycles. The predicted molar refractivity (Wildman–Crippen MR) is 97.7 cm³/mol. The first-order valence-electron chi connectivity index (χ1n) is 8.36. The number of benzene rings is 1. The topological polar surface area (TPSA) is 96.0 Å². The van der Waals surface area contributed by atoms with Crippen LogP contribution >= 0.6 is 11.8 Å². The van der Waals surface area contributed by atoms with Crippen LogP contribution < -0.4 is 5.32 Å². The maximum atomic E-state index is 12.9. The SMILES string of the molecule is CCOC(=O)N1CCN(S(=O)(=O)c2ccc3c(c2)NC(=O)C(C)S3)CC1. The molecule has 1 aromatic rings. The molecule has 1 N–H and O–H groups in total. The van der Waals surface area contributed by atoms with Gasteiger partial charge in [0.05, 0.1) is 22.4 Å². The quantitative estimate of drug-likeness (QED) is 0.829. The predicted octanol–water partition coefficient (Wildman–Crippen LogP) is 1.58. The van der Waals surface area contributed by atoms with Gasteiger partial charge in [0.1, 0.15) is 0 Å². The van der Waals surface area contributed by atoms with E-state index in [2.05, 4.69) is 5.32 Å². The molecule has 10 heteroatoms. The molecule has 0 bridgehead atoms. The lowest BCUT2D eigenvalue weighted by atomic mass is 10.3. The molecule has 8 nitrogen and oxygen atoms in total. The summed E-state index contributed by atoms with van der Waals surface area (Å²) < 4.78 is 32.1. The summed E-state index contributed by atoms with van der Waals surface area (Å²) in [6.45, 7) is 4.80. The number of thioether (sulfide) groups is 1. The van der Waals surface area contributed by atoms with Crippen LogP contribution in [0.25, 0.3) is 0 Å². The van der Waals surface area contributed by atoms with Gasteiger partial charge in [-0.3, -0.25) is 4.79 Å². The molecule has 0 aromatic heterocycles. The third-order valence-corrected chi connectivity index (χ3v) is 7.36. The minimum absolute atomic E-state index is 0.135. The zero-order valence-electron chi connectivity index (χ0n) is 14.6. The molecule has 1 fully saturated rings. The Morgan fingerprint density at radius 3 is 2.65 bits per heavy atom. The van der Waals surface area contributed by atoms with Crippen LogP contribution in [0.4, 0.5) is 10.5 Å².